The molecule has 0 saturated heterocycles. The maximum absolute atomic E-state index is 12.0. The van der Waals surface area contributed by atoms with Gasteiger partial charge in [-0.3, -0.25) is 5.32 Å². The Kier molecular flexibility index (Phi) is 5.17. The maximum atomic E-state index is 12.0. The van der Waals surface area contributed by atoms with E-state index in [4.69, 9.17) is 11.6 Å². The SMILES string of the molecule is CC(C)Cc1cc(Cl)cnc1NC(=O)Nc1ccccc1. The van der Waals surface area contributed by atoms with Gasteiger partial charge in [0.15, 0.2) is 0 Å². The summed E-state index contributed by atoms with van der Waals surface area (Å²) in [5.41, 5.74) is 1.66. The van der Waals surface area contributed by atoms with Crippen molar-refractivity contribution in [3.8, 4) is 0 Å². The fourth-order valence-corrected chi connectivity index (χ4v) is 2.16. The minimum absolute atomic E-state index is 0.318. The highest BCUT2D eigenvalue weighted by atomic mass is 35.5. The van der Waals surface area contributed by atoms with E-state index in [0.717, 1.165) is 17.7 Å². The number of benzene rings is 1. The van der Waals surface area contributed by atoms with Crippen LogP contribution in [-0.2, 0) is 6.42 Å². The van der Waals surface area contributed by atoms with Gasteiger partial charge < -0.3 is 5.32 Å². The molecule has 0 aliphatic rings. The number of rotatable bonds is 4. The van der Waals surface area contributed by atoms with Gasteiger partial charge in [-0.15, -0.1) is 0 Å². The van der Waals surface area contributed by atoms with E-state index in [1.54, 1.807) is 0 Å². The van der Waals surface area contributed by atoms with Gasteiger partial charge in [0, 0.05) is 11.9 Å². The summed E-state index contributed by atoms with van der Waals surface area (Å²) in [4.78, 5) is 16.2. The number of pyridine rings is 1. The van der Waals surface area contributed by atoms with Crippen LogP contribution in [0.5, 0.6) is 0 Å². The summed E-state index contributed by atoms with van der Waals surface area (Å²) in [7, 11) is 0. The van der Waals surface area contributed by atoms with E-state index < -0.39 is 0 Å². The second-order valence-electron chi connectivity index (χ2n) is 5.20. The fraction of sp³-hybridized carbons (Fsp3) is 0.250. The maximum Gasteiger partial charge on any atom is 0.324 e. The molecule has 4 nitrogen and oxygen atoms in total. The zero-order valence-corrected chi connectivity index (χ0v) is 12.8. The summed E-state index contributed by atoms with van der Waals surface area (Å²) in [5.74, 6) is 0.990. The van der Waals surface area contributed by atoms with E-state index in [0.29, 0.717) is 16.8 Å². The third kappa shape index (κ3) is 4.76. The number of nitrogens with zero attached hydrogens (tertiary/aromatic N) is 1. The lowest BCUT2D eigenvalue weighted by Gasteiger charge is -2.13. The number of hydrogen-bond donors (Lipinski definition) is 2. The number of anilines is 2. The summed E-state index contributed by atoms with van der Waals surface area (Å²) in [6, 6.07) is 10.8. The zero-order valence-electron chi connectivity index (χ0n) is 12.1. The standard InChI is InChI=1S/C16H18ClN3O/c1-11(2)8-12-9-13(17)10-18-15(12)20-16(21)19-14-6-4-3-5-7-14/h3-7,9-11H,8H2,1-2H3,(H2,18,19,20,21). The number of urea groups is 1. The third-order valence-corrected chi connectivity index (χ3v) is 3.03. The largest absolute Gasteiger partial charge is 0.324 e. The fourth-order valence-electron chi connectivity index (χ4n) is 1.98. The van der Waals surface area contributed by atoms with Crippen LogP contribution >= 0.6 is 11.6 Å². The third-order valence-electron chi connectivity index (χ3n) is 2.83. The van der Waals surface area contributed by atoms with Crippen molar-refractivity contribution in [3.63, 3.8) is 0 Å². The number of amides is 2. The number of para-hydroxylation sites is 1. The summed E-state index contributed by atoms with van der Waals surface area (Å²) in [6.07, 6.45) is 2.33. The Morgan fingerprint density at radius 3 is 2.62 bits per heavy atom. The van der Waals surface area contributed by atoms with Crippen molar-refractivity contribution in [1.29, 1.82) is 0 Å². The molecule has 110 valence electrons. The highest BCUT2D eigenvalue weighted by Gasteiger charge is 2.10. The van der Waals surface area contributed by atoms with E-state index in [1.165, 1.54) is 6.20 Å². The molecule has 2 rings (SSSR count). The van der Waals surface area contributed by atoms with Crippen molar-refractivity contribution < 1.29 is 4.79 Å². The molecule has 1 aromatic carbocycles. The van der Waals surface area contributed by atoms with E-state index in [9.17, 15) is 4.79 Å². The number of halogens is 1. The number of hydrogen-bond acceptors (Lipinski definition) is 2. The summed E-state index contributed by atoms with van der Waals surface area (Å²) in [5, 5.41) is 6.10. The van der Waals surface area contributed by atoms with Crippen molar-refractivity contribution in [3.05, 3.63) is 53.2 Å². The quantitative estimate of drug-likeness (QED) is 0.868. The van der Waals surface area contributed by atoms with Gasteiger partial charge in [0.2, 0.25) is 0 Å². The van der Waals surface area contributed by atoms with Gasteiger partial charge in [-0.2, -0.15) is 0 Å². The predicted octanol–water partition coefficient (Wildman–Crippen LogP) is 4.58. The van der Waals surface area contributed by atoms with Crippen LogP contribution in [0.3, 0.4) is 0 Å². The Labute approximate surface area is 129 Å². The van der Waals surface area contributed by atoms with E-state index in [2.05, 4.69) is 29.5 Å². The molecule has 5 heteroatoms. The van der Waals surface area contributed by atoms with Gasteiger partial charge in [-0.25, -0.2) is 9.78 Å². The van der Waals surface area contributed by atoms with E-state index in [1.807, 2.05) is 36.4 Å². The lowest BCUT2D eigenvalue weighted by Crippen LogP contribution is -2.21. The van der Waals surface area contributed by atoms with Gasteiger partial charge in [0.1, 0.15) is 5.82 Å². The Morgan fingerprint density at radius 1 is 1.24 bits per heavy atom. The smallest absolute Gasteiger partial charge is 0.308 e. The molecular weight excluding hydrogens is 286 g/mol. The molecule has 0 atom stereocenters. The molecule has 0 fully saturated rings. The van der Waals surface area contributed by atoms with E-state index in [-0.39, 0.29) is 6.03 Å². The molecule has 2 amide bonds. The molecule has 0 aliphatic carbocycles. The van der Waals surface area contributed by atoms with Gasteiger partial charge >= 0.3 is 6.03 Å². The summed E-state index contributed by atoms with van der Waals surface area (Å²) >= 11 is 5.98. The first kappa shape index (κ1) is 15.3. The van der Waals surface area contributed by atoms with Crippen LogP contribution < -0.4 is 10.6 Å². The highest BCUT2D eigenvalue weighted by molar-refractivity contribution is 6.30. The number of carbonyl (C=O) groups excluding carboxylic acids is 1. The first-order chi connectivity index (χ1) is 10.0. The second kappa shape index (κ2) is 7.09. The number of aromatic nitrogens is 1. The van der Waals surface area contributed by atoms with Gasteiger partial charge in [-0.05, 0) is 36.1 Å². The molecule has 0 aliphatic heterocycles. The van der Waals surface area contributed by atoms with Gasteiger partial charge in [0.25, 0.3) is 0 Å². The molecule has 2 N–H and O–H groups in total. The average molecular weight is 304 g/mol. The molecule has 2 aromatic rings. The lowest BCUT2D eigenvalue weighted by molar-refractivity contribution is 0.262. The molecule has 0 bridgehead atoms. The van der Waals surface area contributed by atoms with Crippen LogP contribution in [0.1, 0.15) is 19.4 Å². The Balaban J connectivity index is 2.09. The Bertz CT molecular complexity index is 614. The number of nitrogens with one attached hydrogen (secondary N) is 2. The number of carbonyl (C=O) groups is 1. The van der Waals surface area contributed by atoms with Crippen molar-refractivity contribution >= 4 is 29.1 Å². The zero-order chi connectivity index (χ0) is 15.2. The molecule has 21 heavy (non-hydrogen) atoms. The predicted molar refractivity (Wildman–Crippen MR) is 86.9 cm³/mol. The van der Waals surface area contributed by atoms with Crippen molar-refractivity contribution in [2.45, 2.75) is 20.3 Å². The van der Waals surface area contributed by atoms with Crippen LogP contribution in [0.25, 0.3) is 0 Å². The van der Waals surface area contributed by atoms with Crippen LogP contribution in [0.15, 0.2) is 42.6 Å². The van der Waals surface area contributed by atoms with Crippen molar-refractivity contribution in [1.82, 2.24) is 4.98 Å². The van der Waals surface area contributed by atoms with Crippen LogP contribution in [-0.4, -0.2) is 11.0 Å². The molecule has 0 saturated carbocycles. The molecule has 1 heterocycles. The van der Waals surface area contributed by atoms with Crippen LogP contribution in [0.2, 0.25) is 5.02 Å². The monoisotopic (exact) mass is 303 g/mol. The van der Waals surface area contributed by atoms with Crippen LogP contribution in [0.4, 0.5) is 16.3 Å². The lowest BCUT2D eigenvalue weighted by atomic mass is 10.0. The van der Waals surface area contributed by atoms with E-state index >= 15 is 0 Å². The molecular formula is C16H18ClN3O. The normalized spacial score (nSPS) is 10.5. The van der Waals surface area contributed by atoms with Crippen molar-refractivity contribution in [2.75, 3.05) is 10.6 Å². The van der Waals surface area contributed by atoms with Crippen LogP contribution in [0, 0.1) is 5.92 Å². The topological polar surface area (TPSA) is 54.0 Å². The summed E-state index contributed by atoms with van der Waals surface area (Å²) in [6.45, 7) is 4.21. The first-order valence-electron chi connectivity index (χ1n) is 6.82. The first-order valence-corrected chi connectivity index (χ1v) is 7.20. The second-order valence-corrected chi connectivity index (χ2v) is 5.64. The summed E-state index contributed by atoms with van der Waals surface area (Å²) < 4.78 is 0. The molecule has 0 radical (unpaired) electrons. The highest BCUT2D eigenvalue weighted by Crippen LogP contribution is 2.21. The average Bonchev–Trinajstić information content (AvgIpc) is 2.42. The Morgan fingerprint density at radius 2 is 1.95 bits per heavy atom. The van der Waals surface area contributed by atoms with Gasteiger partial charge in [0.05, 0.1) is 5.02 Å². The van der Waals surface area contributed by atoms with Gasteiger partial charge in [-0.1, -0.05) is 43.6 Å². The minimum atomic E-state index is -0.318. The molecule has 1 aromatic heterocycles. The minimum Gasteiger partial charge on any atom is -0.308 e. The molecule has 0 unspecified atom stereocenters. The van der Waals surface area contributed by atoms with Crippen molar-refractivity contribution in [2.24, 2.45) is 5.92 Å². The Hall–Kier alpha value is -2.07. The molecule has 0 spiro atoms.